The summed E-state index contributed by atoms with van der Waals surface area (Å²) < 4.78 is 5.29. The fraction of sp³-hybridized carbons (Fsp3) is 0.333. The molecule has 1 heterocycles. The van der Waals surface area contributed by atoms with Gasteiger partial charge < -0.3 is 20.4 Å². The van der Waals surface area contributed by atoms with Crippen molar-refractivity contribution in [3.63, 3.8) is 0 Å². The van der Waals surface area contributed by atoms with Gasteiger partial charge in [0.1, 0.15) is 6.04 Å². The Morgan fingerprint density at radius 1 is 1.12 bits per heavy atom. The lowest BCUT2D eigenvalue weighted by Gasteiger charge is -2.12. The summed E-state index contributed by atoms with van der Waals surface area (Å²) in [7, 11) is 0. The summed E-state index contributed by atoms with van der Waals surface area (Å²) in [5.41, 5.74) is 2.79. The molecule has 2 aromatic rings. The van der Waals surface area contributed by atoms with E-state index in [0.717, 1.165) is 22.6 Å². The van der Waals surface area contributed by atoms with Crippen LogP contribution >= 0.6 is 0 Å². The monoisotopic (exact) mass is 330 g/mol. The van der Waals surface area contributed by atoms with Crippen LogP contribution in [0.25, 0.3) is 0 Å². The van der Waals surface area contributed by atoms with Gasteiger partial charge in [-0.05, 0) is 44.0 Å². The van der Waals surface area contributed by atoms with E-state index >= 15 is 0 Å². The molecular formula is C18H24N3O3+. The smallest absolute Gasteiger partial charge is 0.275 e. The number of hydrogen-bond donors (Lipinski definition) is 3. The first-order valence-corrected chi connectivity index (χ1v) is 7.97. The standard InChI is InChI=1S/C18H23N3O3/c1-12-6-4-7-13(2)18(12)21-17(23)11-20-16(22)10-19-14(3)15-8-5-9-24-15/h4-9,14,19H,10-11H2,1-3H3,(H,20,22)(H,21,23)/p+1/t14-/m0/s1. The van der Waals surface area contributed by atoms with Gasteiger partial charge in [-0.1, -0.05) is 18.2 Å². The van der Waals surface area contributed by atoms with Crippen molar-refractivity contribution < 1.29 is 19.3 Å². The molecule has 1 atom stereocenters. The number of aryl methyl sites for hydroxylation is 2. The third-order valence-corrected chi connectivity index (χ3v) is 3.84. The topological polar surface area (TPSA) is 88.0 Å². The quantitative estimate of drug-likeness (QED) is 0.714. The highest BCUT2D eigenvalue weighted by molar-refractivity contribution is 5.95. The minimum atomic E-state index is -0.236. The van der Waals surface area contributed by atoms with Gasteiger partial charge in [0, 0.05) is 5.69 Å². The van der Waals surface area contributed by atoms with Crippen LogP contribution in [0.3, 0.4) is 0 Å². The third kappa shape index (κ3) is 4.96. The highest BCUT2D eigenvalue weighted by atomic mass is 16.3. The van der Waals surface area contributed by atoms with Gasteiger partial charge in [-0.3, -0.25) is 9.59 Å². The van der Waals surface area contributed by atoms with Crippen molar-refractivity contribution in [2.45, 2.75) is 26.8 Å². The number of amides is 2. The van der Waals surface area contributed by atoms with E-state index in [4.69, 9.17) is 4.42 Å². The minimum absolute atomic E-state index is 0.0461. The molecule has 0 saturated heterocycles. The first-order chi connectivity index (χ1) is 11.5. The molecule has 24 heavy (non-hydrogen) atoms. The molecule has 0 aliphatic carbocycles. The van der Waals surface area contributed by atoms with Crippen molar-refractivity contribution in [3.05, 3.63) is 53.5 Å². The normalized spacial score (nSPS) is 11.8. The summed E-state index contributed by atoms with van der Waals surface area (Å²) in [6.07, 6.45) is 1.61. The van der Waals surface area contributed by atoms with Crippen LogP contribution in [0.2, 0.25) is 0 Å². The molecule has 0 spiro atoms. The van der Waals surface area contributed by atoms with Crippen LogP contribution in [0, 0.1) is 13.8 Å². The third-order valence-electron chi connectivity index (χ3n) is 3.84. The molecule has 128 valence electrons. The molecule has 0 bridgehead atoms. The predicted octanol–water partition coefficient (Wildman–Crippen LogP) is 1.28. The minimum Gasteiger partial charge on any atom is -0.463 e. The number of nitrogens with two attached hydrogens (primary N) is 1. The summed E-state index contributed by atoms with van der Waals surface area (Å²) in [5, 5.41) is 7.33. The lowest BCUT2D eigenvalue weighted by atomic mass is 10.1. The number of rotatable bonds is 7. The van der Waals surface area contributed by atoms with E-state index < -0.39 is 0 Å². The fourth-order valence-electron chi connectivity index (χ4n) is 2.40. The maximum Gasteiger partial charge on any atom is 0.275 e. The molecule has 2 rings (SSSR count). The van der Waals surface area contributed by atoms with Crippen molar-refractivity contribution in [1.82, 2.24) is 5.32 Å². The first kappa shape index (κ1) is 17.7. The number of benzene rings is 1. The number of hydrogen-bond acceptors (Lipinski definition) is 3. The van der Waals surface area contributed by atoms with Gasteiger partial charge in [-0.2, -0.15) is 0 Å². The number of para-hydroxylation sites is 1. The van der Waals surface area contributed by atoms with Gasteiger partial charge in [0.25, 0.3) is 5.91 Å². The van der Waals surface area contributed by atoms with E-state index in [1.807, 2.05) is 56.4 Å². The molecule has 0 radical (unpaired) electrons. The Kier molecular flexibility index (Phi) is 6.14. The molecular weight excluding hydrogens is 306 g/mol. The Bertz CT molecular complexity index is 675. The van der Waals surface area contributed by atoms with Crippen LogP contribution in [0.15, 0.2) is 41.0 Å². The summed E-state index contributed by atoms with van der Waals surface area (Å²) in [4.78, 5) is 23.9. The Hall–Kier alpha value is -2.60. The van der Waals surface area contributed by atoms with Crippen LogP contribution in [0.5, 0.6) is 0 Å². The zero-order chi connectivity index (χ0) is 17.5. The molecule has 0 unspecified atom stereocenters. The summed E-state index contributed by atoms with van der Waals surface area (Å²) in [5.74, 6) is 0.389. The lowest BCUT2D eigenvalue weighted by molar-refractivity contribution is -0.684. The van der Waals surface area contributed by atoms with Gasteiger partial charge in [-0.15, -0.1) is 0 Å². The molecule has 1 aromatic carbocycles. The zero-order valence-corrected chi connectivity index (χ0v) is 14.3. The second kappa shape index (κ2) is 8.31. The van der Waals surface area contributed by atoms with Crippen molar-refractivity contribution >= 4 is 17.5 Å². The Morgan fingerprint density at radius 2 is 1.83 bits per heavy atom. The highest BCUT2D eigenvalue weighted by Gasteiger charge is 2.14. The van der Waals surface area contributed by atoms with Crippen LogP contribution in [0.4, 0.5) is 5.69 Å². The van der Waals surface area contributed by atoms with E-state index in [1.165, 1.54) is 0 Å². The zero-order valence-electron chi connectivity index (χ0n) is 14.3. The number of carbonyl (C=O) groups excluding carboxylic acids is 2. The number of anilines is 1. The summed E-state index contributed by atoms with van der Waals surface area (Å²) in [6.45, 7) is 6.02. The number of nitrogens with one attached hydrogen (secondary N) is 2. The van der Waals surface area contributed by atoms with Gasteiger partial charge >= 0.3 is 0 Å². The molecule has 1 aromatic heterocycles. The van der Waals surface area contributed by atoms with Gasteiger partial charge in [0.05, 0.1) is 12.8 Å². The average molecular weight is 330 g/mol. The van der Waals surface area contributed by atoms with Crippen LogP contribution in [-0.4, -0.2) is 24.9 Å². The maximum absolute atomic E-state index is 12.0. The lowest BCUT2D eigenvalue weighted by Crippen LogP contribution is -2.87. The number of furan rings is 1. The maximum atomic E-state index is 12.0. The summed E-state index contributed by atoms with van der Waals surface area (Å²) >= 11 is 0. The first-order valence-electron chi connectivity index (χ1n) is 7.97. The van der Waals surface area contributed by atoms with E-state index in [9.17, 15) is 9.59 Å². The van der Waals surface area contributed by atoms with Gasteiger partial charge in [0.2, 0.25) is 5.91 Å². The number of quaternary nitrogens is 1. The Balaban J connectivity index is 1.74. The predicted molar refractivity (Wildman–Crippen MR) is 91.5 cm³/mol. The average Bonchev–Trinajstić information content (AvgIpc) is 3.09. The summed E-state index contributed by atoms with van der Waals surface area (Å²) in [6, 6.07) is 9.56. The van der Waals surface area contributed by atoms with E-state index in [2.05, 4.69) is 10.6 Å². The van der Waals surface area contributed by atoms with Crippen LogP contribution in [0.1, 0.15) is 29.9 Å². The second-order valence-corrected chi connectivity index (χ2v) is 5.84. The van der Waals surface area contributed by atoms with Crippen LogP contribution in [-0.2, 0) is 9.59 Å². The Morgan fingerprint density at radius 3 is 2.46 bits per heavy atom. The molecule has 6 heteroatoms. The molecule has 0 fully saturated rings. The molecule has 0 aliphatic rings. The van der Waals surface area contributed by atoms with Crippen molar-refractivity contribution in [2.24, 2.45) is 0 Å². The molecule has 4 N–H and O–H groups in total. The fourth-order valence-corrected chi connectivity index (χ4v) is 2.40. The second-order valence-electron chi connectivity index (χ2n) is 5.84. The molecule has 6 nitrogen and oxygen atoms in total. The van der Waals surface area contributed by atoms with Crippen molar-refractivity contribution in [3.8, 4) is 0 Å². The molecule has 0 aliphatic heterocycles. The SMILES string of the molecule is Cc1cccc(C)c1NC(=O)CNC(=O)C[NH2+][C@@H](C)c1ccco1. The van der Waals surface area contributed by atoms with Gasteiger partial charge in [-0.25, -0.2) is 0 Å². The Labute approximate surface area is 141 Å². The van der Waals surface area contributed by atoms with E-state index in [-0.39, 0.29) is 30.9 Å². The van der Waals surface area contributed by atoms with Crippen molar-refractivity contribution in [2.75, 3.05) is 18.4 Å². The van der Waals surface area contributed by atoms with E-state index in [1.54, 1.807) is 6.26 Å². The van der Waals surface area contributed by atoms with Crippen molar-refractivity contribution in [1.29, 1.82) is 0 Å². The van der Waals surface area contributed by atoms with E-state index in [0.29, 0.717) is 0 Å². The molecule has 2 amide bonds. The molecule has 0 saturated carbocycles. The number of carbonyl (C=O) groups is 2. The largest absolute Gasteiger partial charge is 0.463 e. The van der Waals surface area contributed by atoms with Crippen LogP contribution < -0.4 is 16.0 Å². The van der Waals surface area contributed by atoms with Gasteiger partial charge in [0.15, 0.2) is 12.3 Å². The highest BCUT2D eigenvalue weighted by Crippen LogP contribution is 2.18.